The van der Waals surface area contributed by atoms with E-state index in [1.54, 1.807) is 19.1 Å². The van der Waals surface area contributed by atoms with Gasteiger partial charge in [-0.15, -0.1) is 12.4 Å². The van der Waals surface area contributed by atoms with Gasteiger partial charge in [-0.2, -0.15) is 0 Å². The molecule has 0 radical (unpaired) electrons. The van der Waals surface area contributed by atoms with Crippen molar-refractivity contribution in [2.45, 2.75) is 83.3 Å². The van der Waals surface area contributed by atoms with Crippen molar-refractivity contribution in [2.24, 2.45) is 0 Å². The Hall–Kier alpha value is -4.44. The van der Waals surface area contributed by atoms with Crippen LogP contribution in [-0.4, -0.2) is 79.9 Å². The normalized spacial score (nSPS) is 25.3. The lowest BCUT2D eigenvalue weighted by Crippen LogP contribution is -2.54. The number of benzene rings is 3. The molecule has 6 rings (SSSR count). The van der Waals surface area contributed by atoms with Gasteiger partial charge in [0.2, 0.25) is 5.78 Å². The van der Waals surface area contributed by atoms with Gasteiger partial charge in [0.05, 0.1) is 47.0 Å². The number of aliphatic hydroxyl groups is 2. The molecule has 3 aromatic rings. The van der Waals surface area contributed by atoms with E-state index in [4.69, 9.17) is 14.2 Å². The Labute approximate surface area is 293 Å². The Kier molecular flexibility index (Phi) is 11.1. The number of rotatable bonds is 8. The molecule has 0 spiro atoms. The maximum Gasteiger partial charge on any atom is 0.269 e. The zero-order chi connectivity index (χ0) is 34.7. The Morgan fingerprint density at radius 1 is 1.08 bits per heavy atom. The number of carbonyl (C=O) groups excluding carboxylic acids is 3. The third-order valence-corrected chi connectivity index (χ3v) is 9.47. The highest BCUT2D eigenvalue weighted by atomic mass is 35.5. The van der Waals surface area contributed by atoms with E-state index in [9.17, 15) is 44.9 Å². The van der Waals surface area contributed by atoms with E-state index in [2.05, 4.69) is 5.32 Å². The van der Waals surface area contributed by atoms with E-state index >= 15 is 0 Å². The maximum atomic E-state index is 13.8. The predicted octanol–water partition coefficient (Wildman–Crippen LogP) is 3.83. The number of fused-ring (bicyclic) bond motifs is 3. The smallest absolute Gasteiger partial charge is 0.269 e. The van der Waals surface area contributed by atoms with E-state index in [1.807, 2.05) is 0 Å². The quantitative estimate of drug-likeness (QED) is 0.0998. The number of hydrogen-bond donors (Lipinski definition) is 5. The highest BCUT2D eigenvalue weighted by Crippen LogP contribution is 2.52. The van der Waals surface area contributed by atoms with Crippen LogP contribution in [0.5, 0.6) is 17.2 Å². The zero-order valence-corrected chi connectivity index (χ0v) is 27.5. The summed E-state index contributed by atoms with van der Waals surface area (Å²) in [5.41, 5.74) is -2.63. The van der Waals surface area contributed by atoms with Gasteiger partial charge < -0.3 is 40.0 Å². The average Bonchev–Trinajstić information content (AvgIpc) is 3.05. The van der Waals surface area contributed by atoms with Crippen molar-refractivity contribution in [3.63, 3.8) is 0 Å². The number of ether oxygens (including phenoxy) is 3. The molecule has 3 aliphatic rings. The average molecular weight is 715 g/mol. The number of phenolic OH excluding ortho intramolecular Hbond substituents is 2. The van der Waals surface area contributed by atoms with Gasteiger partial charge in [-0.25, -0.2) is 0 Å². The topological polar surface area (TPSA) is 215 Å². The number of nitrogens with one attached hydrogen (secondary N) is 1. The largest absolute Gasteiger partial charge is 0.507 e. The first-order valence-electron chi connectivity index (χ1n) is 15.3. The molecular weight excluding hydrogens is 676 g/mol. The number of aromatic hydroxyl groups is 2. The molecular formula is C35H39ClN2O12. The lowest BCUT2D eigenvalue weighted by molar-refractivity contribution is -0.384. The Morgan fingerprint density at radius 3 is 2.36 bits per heavy atom. The number of carbonyl (C=O) groups is 3. The van der Waals surface area contributed by atoms with Gasteiger partial charge in [-0.05, 0) is 25.5 Å². The minimum atomic E-state index is -2.06. The summed E-state index contributed by atoms with van der Waals surface area (Å²) in [6, 6.07) is 9.72. The van der Waals surface area contributed by atoms with Crippen LogP contribution in [0.15, 0.2) is 42.5 Å². The van der Waals surface area contributed by atoms with E-state index in [0.29, 0.717) is 0 Å². The standard InChI is InChI=1S/C34H34N2O12.CH4.ClH/c1-15-29(38)21(35-14-17-7-9-18(10-8-17)36(44)45)11-24(47-15)48-23-13-34(43,16(2)37)12-20-26(23)33(42)28-27(31(20)40)30(39)19-5-4-6-22(46-3)25(19)32(28)41;;/h4-10,15,21,23-24,29,35,38,40,42-43H,11-14H2,1-3H3;1H4;1H/t15?,21?,23?,24?,29?,34-;;/m0../s1. The fourth-order valence-electron chi connectivity index (χ4n) is 6.81. The molecule has 15 heteroatoms. The summed E-state index contributed by atoms with van der Waals surface area (Å²) in [4.78, 5) is 50.7. The number of hydrogen-bond acceptors (Lipinski definition) is 13. The van der Waals surface area contributed by atoms with E-state index < -0.39 is 87.6 Å². The molecule has 1 heterocycles. The number of aliphatic hydroxyl groups excluding tert-OH is 1. The summed E-state index contributed by atoms with van der Waals surface area (Å²) in [7, 11) is 1.33. The SMILES string of the molecule is C.COc1cccc2c1C(=O)c1c(O)c3c(c(O)c1C2=O)C[C@@](O)(C(C)=O)CC3OC1CC(NCc2ccc([N+](=O)[O-])cc2)C(O)C(C)O1.Cl. The highest BCUT2D eigenvalue weighted by Gasteiger charge is 2.49. The van der Waals surface area contributed by atoms with Crippen LogP contribution in [0, 0.1) is 10.1 Å². The van der Waals surface area contributed by atoms with Gasteiger partial charge in [0, 0.05) is 60.7 Å². The monoisotopic (exact) mass is 714 g/mol. The number of Topliss-reactive ketones (excluding diaryl/α,β-unsaturated/α-hetero) is 1. The van der Waals surface area contributed by atoms with Crippen molar-refractivity contribution in [3.8, 4) is 17.2 Å². The van der Waals surface area contributed by atoms with E-state index in [0.717, 1.165) is 5.56 Å². The van der Waals surface area contributed by atoms with Gasteiger partial charge in [0.25, 0.3) is 5.69 Å². The lowest BCUT2D eigenvalue weighted by Gasteiger charge is -2.43. The summed E-state index contributed by atoms with van der Waals surface area (Å²) < 4.78 is 17.5. The van der Waals surface area contributed by atoms with Gasteiger partial charge in [-0.1, -0.05) is 31.7 Å². The zero-order valence-electron chi connectivity index (χ0n) is 26.7. The van der Waals surface area contributed by atoms with Crippen molar-refractivity contribution in [1.29, 1.82) is 0 Å². The van der Waals surface area contributed by atoms with Crippen LogP contribution in [0.2, 0.25) is 0 Å². The van der Waals surface area contributed by atoms with Crippen molar-refractivity contribution in [3.05, 3.63) is 91.5 Å². The molecule has 5 N–H and O–H groups in total. The van der Waals surface area contributed by atoms with Crippen LogP contribution in [0.3, 0.4) is 0 Å². The van der Waals surface area contributed by atoms with Crippen LogP contribution in [-0.2, 0) is 27.2 Å². The predicted molar refractivity (Wildman–Crippen MR) is 180 cm³/mol. The second-order valence-electron chi connectivity index (χ2n) is 12.4. The van der Waals surface area contributed by atoms with Crippen LogP contribution < -0.4 is 10.1 Å². The molecule has 1 fully saturated rings. The molecule has 1 aliphatic heterocycles. The summed E-state index contributed by atoms with van der Waals surface area (Å²) in [6.45, 7) is 3.04. The molecule has 14 nitrogen and oxygen atoms in total. The molecule has 5 unspecified atom stereocenters. The number of nitrogens with zero attached hydrogens (tertiary/aromatic N) is 1. The molecule has 268 valence electrons. The highest BCUT2D eigenvalue weighted by molar-refractivity contribution is 6.31. The third kappa shape index (κ3) is 6.45. The summed E-state index contributed by atoms with van der Waals surface area (Å²) >= 11 is 0. The molecule has 0 saturated carbocycles. The van der Waals surface area contributed by atoms with Gasteiger partial charge in [0.1, 0.15) is 22.8 Å². The summed E-state index contributed by atoms with van der Waals surface area (Å²) in [5.74, 6) is -3.35. The first kappa shape index (κ1) is 38.4. The number of ketones is 3. The fraction of sp³-hybridized carbons (Fsp3) is 0.400. The summed E-state index contributed by atoms with van der Waals surface area (Å²) in [6.07, 6.45) is -4.90. The van der Waals surface area contributed by atoms with Crippen molar-refractivity contribution >= 4 is 35.4 Å². The minimum absolute atomic E-state index is 0. The molecule has 6 atom stereocenters. The molecule has 1 saturated heterocycles. The van der Waals surface area contributed by atoms with E-state index in [-0.39, 0.29) is 72.9 Å². The number of methoxy groups -OCH3 is 1. The lowest BCUT2D eigenvalue weighted by atomic mass is 9.72. The number of non-ortho nitro benzene ring substituents is 1. The van der Waals surface area contributed by atoms with Crippen molar-refractivity contribution < 1.29 is 53.9 Å². The second-order valence-corrected chi connectivity index (χ2v) is 12.4. The molecule has 50 heavy (non-hydrogen) atoms. The van der Waals surface area contributed by atoms with Crippen LogP contribution in [0.4, 0.5) is 5.69 Å². The molecule has 0 aromatic heterocycles. The molecule has 2 aliphatic carbocycles. The number of halogens is 1. The number of nitro groups is 1. The third-order valence-electron chi connectivity index (χ3n) is 9.47. The maximum absolute atomic E-state index is 13.8. The number of phenols is 2. The van der Waals surface area contributed by atoms with Crippen molar-refractivity contribution in [1.82, 2.24) is 5.32 Å². The van der Waals surface area contributed by atoms with Gasteiger partial charge in [-0.3, -0.25) is 24.5 Å². The Bertz CT molecular complexity index is 1850. The first-order valence-corrected chi connectivity index (χ1v) is 15.3. The molecule has 3 aromatic carbocycles. The van der Waals surface area contributed by atoms with Gasteiger partial charge in [0.15, 0.2) is 17.9 Å². The number of nitro benzene ring substituents is 1. The van der Waals surface area contributed by atoms with Crippen LogP contribution in [0.1, 0.15) is 88.8 Å². The fourth-order valence-corrected chi connectivity index (χ4v) is 6.81. The molecule has 0 bridgehead atoms. The van der Waals surface area contributed by atoms with Gasteiger partial charge >= 0.3 is 0 Å². The first-order chi connectivity index (χ1) is 22.7. The van der Waals surface area contributed by atoms with Crippen molar-refractivity contribution in [2.75, 3.05) is 7.11 Å². The second kappa shape index (κ2) is 14.4. The Morgan fingerprint density at radius 2 is 1.74 bits per heavy atom. The molecule has 0 amide bonds. The van der Waals surface area contributed by atoms with Crippen LogP contribution in [0.25, 0.3) is 0 Å². The van der Waals surface area contributed by atoms with Crippen LogP contribution >= 0.6 is 12.4 Å². The Balaban J connectivity index is 0.00000281. The summed E-state index contributed by atoms with van der Waals surface area (Å²) in [5, 5.41) is 59.8. The minimum Gasteiger partial charge on any atom is -0.507 e. The van der Waals surface area contributed by atoms with E-state index in [1.165, 1.54) is 44.4 Å².